The van der Waals surface area contributed by atoms with E-state index in [1.54, 1.807) is 7.11 Å². The van der Waals surface area contributed by atoms with Crippen LogP contribution in [0.15, 0.2) is 18.2 Å². The van der Waals surface area contributed by atoms with Crippen LogP contribution in [0.3, 0.4) is 0 Å². The molecule has 27 heavy (non-hydrogen) atoms. The zero-order chi connectivity index (χ0) is 19.2. The number of nitrogens with zero attached hydrogens (tertiary/aromatic N) is 3. The van der Waals surface area contributed by atoms with Crippen LogP contribution in [0.1, 0.15) is 38.8 Å². The average Bonchev–Trinajstić information content (AvgIpc) is 2.67. The van der Waals surface area contributed by atoms with Crippen LogP contribution >= 0.6 is 0 Å². The lowest BCUT2D eigenvalue weighted by Gasteiger charge is -2.32. The van der Waals surface area contributed by atoms with Gasteiger partial charge >= 0.3 is 0 Å². The maximum Gasteiger partial charge on any atom is 0.226 e. The monoisotopic (exact) mass is 372 g/mol. The van der Waals surface area contributed by atoms with Crippen molar-refractivity contribution in [1.29, 1.82) is 0 Å². The second-order valence-electron chi connectivity index (χ2n) is 7.48. The molecule has 0 aliphatic carbocycles. The summed E-state index contributed by atoms with van der Waals surface area (Å²) in [5, 5.41) is 4.74. The van der Waals surface area contributed by atoms with Crippen LogP contribution in [0.5, 0.6) is 5.75 Å². The molecule has 1 saturated heterocycles. The first-order chi connectivity index (χ1) is 13.1. The van der Waals surface area contributed by atoms with E-state index in [0.29, 0.717) is 12.1 Å². The Hall–Kier alpha value is -1.92. The Morgan fingerprint density at radius 2 is 2.00 bits per heavy atom. The normalized spacial score (nSPS) is 15.7. The fraction of sp³-hybridized carbons (Fsp3) is 0.619. The van der Waals surface area contributed by atoms with E-state index in [-0.39, 0.29) is 0 Å². The predicted molar refractivity (Wildman–Crippen MR) is 110 cm³/mol. The number of hydrogen-bond acceptors (Lipinski definition) is 6. The Bertz CT molecular complexity index is 742. The van der Waals surface area contributed by atoms with Gasteiger partial charge < -0.3 is 19.7 Å². The highest BCUT2D eigenvalue weighted by Crippen LogP contribution is 2.25. The molecule has 1 aromatic heterocycles. The van der Waals surface area contributed by atoms with E-state index in [0.717, 1.165) is 73.8 Å². The van der Waals surface area contributed by atoms with Crippen LogP contribution in [0.25, 0.3) is 10.9 Å². The molecule has 6 heteroatoms. The summed E-state index contributed by atoms with van der Waals surface area (Å²) < 4.78 is 10.9. The molecule has 3 rings (SSSR count). The Kier molecular flexibility index (Phi) is 6.85. The lowest BCUT2D eigenvalue weighted by molar-refractivity contribution is 0.0765. The smallest absolute Gasteiger partial charge is 0.226 e. The predicted octanol–water partition coefficient (Wildman–Crippen LogP) is 3.32. The first-order valence-electron chi connectivity index (χ1n) is 9.99. The summed E-state index contributed by atoms with van der Waals surface area (Å²) in [6, 6.07) is 6.55. The molecule has 2 aromatic rings. The third-order valence-corrected chi connectivity index (χ3v) is 5.07. The van der Waals surface area contributed by atoms with Crippen LogP contribution in [0.2, 0.25) is 0 Å². The van der Waals surface area contributed by atoms with Crippen molar-refractivity contribution >= 4 is 16.9 Å². The standard InChI is InChI=1S/C21H32N4O2/c1-15(2)27-13-5-10-22-17-8-11-25(12-9-17)21-23-16(3)19-7-6-18(26-4)14-20(19)24-21/h6-7,14-15,17,22H,5,8-13H2,1-4H3. The molecule has 0 bridgehead atoms. The van der Waals surface area contributed by atoms with Gasteiger partial charge in [-0.3, -0.25) is 0 Å². The van der Waals surface area contributed by atoms with Crippen LogP contribution in [-0.2, 0) is 4.74 Å². The van der Waals surface area contributed by atoms with Gasteiger partial charge in [0.05, 0.1) is 24.4 Å². The molecule has 0 saturated carbocycles. The number of benzene rings is 1. The van der Waals surface area contributed by atoms with E-state index in [2.05, 4.69) is 24.1 Å². The van der Waals surface area contributed by atoms with E-state index >= 15 is 0 Å². The molecule has 1 N–H and O–H groups in total. The molecular formula is C21H32N4O2. The first kappa shape index (κ1) is 19.8. The van der Waals surface area contributed by atoms with Crippen molar-refractivity contribution in [3.63, 3.8) is 0 Å². The van der Waals surface area contributed by atoms with Crippen molar-refractivity contribution in [3.8, 4) is 5.75 Å². The highest BCUT2D eigenvalue weighted by molar-refractivity contribution is 5.83. The lowest BCUT2D eigenvalue weighted by Crippen LogP contribution is -2.43. The fourth-order valence-corrected chi connectivity index (χ4v) is 3.50. The molecule has 2 heterocycles. The SMILES string of the molecule is COc1ccc2c(C)nc(N3CCC(NCCCOC(C)C)CC3)nc2c1. The van der Waals surface area contributed by atoms with Gasteiger partial charge in [0.1, 0.15) is 5.75 Å². The van der Waals surface area contributed by atoms with Gasteiger partial charge in [-0.15, -0.1) is 0 Å². The molecular weight excluding hydrogens is 340 g/mol. The van der Waals surface area contributed by atoms with Gasteiger partial charge in [0, 0.05) is 37.2 Å². The van der Waals surface area contributed by atoms with Crippen LogP contribution in [-0.4, -0.2) is 55.5 Å². The number of ether oxygens (including phenoxy) is 2. The summed E-state index contributed by atoms with van der Waals surface area (Å²) in [5.41, 5.74) is 1.96. The van der Waals surface area contributed by atoms with E-state index in [1.807, 2.05) is 25.1 Å². The summed E-state index contributed by atoms with van der Waals surface area (Å²) in [6.45, 7) is 10.0. The van der Waals surface area contributed by atoms with E-state index in [9.17, 15) is 0 Å². The number of rotatable bonds is 8. The van der Waals surface area contributed by atoms with Gasteiger partial charge in [-0.05, 0) is 58.7 Å². The summed E-state index contributed by atoms with van der Waals surface area (Å²) in [7, 11) is 1.68. The number of piperidine rings is 1. The van der Waals surface area contributed by atoms with Crippen molar-refractivity contribution in [1.82, 2.24) is 15.3 Å². The van der Waals surface area contributed by atoms with Crippen molar-refractivity contribution in [2.24, 2.45) is 0 Å². The highest BCUT2D eigenvalue weighted by atomic mass is 16.5. The summed E-state index contributed by atoms with van der Waals surface area (Å²) in [4.78, 5) is 11.8. The largest absolute Gasteiger partial charge is 0.497 e. The molecule has 6 nitrogen and oxygen atoms in total. The van der Waals surface area contributed by atoms with Crippen molar-refractivity contribution in [2.45, 2.75) is 52.2 Å². The molecule has 0 amide bonds. The van der Waals surface area contributed by atoms with Crippen molar-refractivity contribution < 1.29 is 9.47 Å². The molecule has 1 fully saturated rings. The average molecular weight is 373 g/mol. The number of nitrogens with one attached hydrogen (secondary N) is 1. The van der Waals surface area contributed by atoms with Gasteiger partial charge in [-0.25, -0.2) is 9.97 Å². The Balaban J connectivity index is 1.54. The van der Waals surface area contributed by atoms with Gasteiger partial charge in [0.25, 0.3) is 0 Å². The molecule has 148 valence electrons. The minimum Gasteiger partial charge on any atom is -0.497 e. The summed E-state index contributed by atoms with van der Waals surface area (Å²) in [6.07, 6.45) is 3.61. The third kappa shape index (κ3) is 5.30. The zero-order valence-electron chi connectivity index (χ0n) is 17.0. The number of hydrogen-bond donors (Lipinski definition) is 1. The fourth-order valence-electron chi connectivity index (χ4n) is 3.50. The summed E-state index contributed by atoms with van der Waals surface area (Å²) in [5.74, 6) is 1.66. The Morgan fingerprint density at radius 1 is 1.22 bits per heavy atom. The Morgan fingerprint density at radius 3 is 2.70 bits per heavy atom. The minimum atomic E-state index is 0.318. The molecule has 1 aliphatic heterocycles. The molecule has 0 unspecified atom stereocenters. The number of aromatic nitrogens is 2. The maximum absolute atomic E-state index is 5.60. The van der Waals surface area contributed by atoms with Gasteiger partial charge in [0.2, 0.25) is 5.95 Å². The molecule has 1 aromatic carbocycles. The topological polar surface area (TPSA) is 59.5 Å². The first-order valence-corrected chi connectivity index (χ1v) is 9.99. The second-order valence-corrected chi connectivity index (χ2v) is 7.48. The molecule has 0 radical (unpaired) electrons. The van der Waals surface area contributed by atoms with Gasteiger partial charge in [-0.1, -0.05) is 0 Å². The zero-order valence-corrected chi connectivity index (χ0v) is 17.0. The number of fused-ring (bicyclic) bond motifs is 1. The highest BCUT2D eigenvalue weighted by Gasteiger charge is 2.21. The number of aryl methyl sites for hydroxylation is 1. The van der Waals surface area contributed by atoms with Crippen LogP contribution in [0, 0.1) is 6.92 Å². The van der Waals surface area contributed by atoms with E-state index in [4.69, 9.17) is 19.4 Å². The van der Waals surface area contributed by atoms with Gasteiger partial charge in [0.15, 0.2) is 0 Å². The van der Waals surface area contributed by atoms with Gasteiger partial charge in [-0.2, -0.15) is 0 Å². The second kappa shape index (κ2) is 9.33. The molecule has 0 spiro atoms. The number of anilines is 1. The molecule has 1 aliphatic rings. The quantitative estimate of drug-likeness (QED) is 0.718. The van der Waals surface area contributed by atoms with E-state index in [1.165, 1.54) is 0 Å². The van der Waals surface area contributed by atoms with Crippen LogP contribution < -0.4 is 15.0 Å². The van der Waals surface area contributed by atoms with E-state index < -0.39 is 0 Å². The third-order valence-electron chi connectivity index (χ3n) is 5.07. The van der Waals surface area contributed by atoms with Crippen LogP contribution in [0.4, 0.5) is 5.95 Å². The Labute approximate surface area is 162 Å². The van der Waals surface area contributed by atoms with Crippen molar-refractivity contribution in [2.75, 3.05) is 38.3 Å². The van der Waals surface area contributed by atoms with Crippen molar-refractivity contribution in [3.05, 3.63) is 23.9 Å². The number of methoxy groups -OCH3 is 1. The lowest BCUT2D eigenvalue weighted by atomic mass is 10.1. The molecule has 0 atom stereocenters. The maximum atomic E-state index is 5.60. The summed E-state index contributed by atoms with van der Waals surface area (Å²) >= 11 is 0. The minimum absolute atomic E-state index is 0.318.